The van der Waals surface area contributed by atoms with Gasteiger partial charge in [-0.3, -0.25) is 4.79 Å². The highest BCUT2D eigenvalue weighted by Crippen LogP contribution is 2.36. The van der Waals surface area contributed by atoms with Crippen molar-refractivity contribution in [2.45, 2.75) is 11.8 Å². The molecule has 0 aliphatic rings. The SMILES string of the molecule is Cc1c(-c2cccc(S(N)=O)c2)c2oc3ccc(Cl)cc3c2[nH]c1=O. The van der Waals surface area contributed by atoms with Crippen molar-refractivity contribution in [1.82, 2.24) is 4.98 Å². The second kappa shape index (κ2) is 5.84. The van der Waals surface area contributed by atoms with E-state index in [9.17, 15) is 9.00 Å². The number of benzene rings is 2. The van der Waals surface area contributed by atoms with Crippen LogP contribution in [0.5, 0.6) is 0 Å². The van der Waals surface area contributed by atoms with Crippen LogP contribution in [0.15, 0.2) is 56.6 Å². The van der Waals surface area contributed by atoms with E-state index in [0.29, 0.717) is 37.7 Å². The number of fused-ring (bicyclic) bond motifs is 3. The number of hydrogen-bond acceptors (Lipinski definition) is 3. The summed E-state index contributed by atoms with van der Waals surface area (Å²) in [5.74, 6) is 0. The van der Waals surface area contributed by atoms with E-state index in [-0.39, 0.29) is 5.56 Å². The standard InChI is InChI=1S/C18H13ClN2O3S/c1-9-15(10-3-2-4-12(7-10)25(20)23)17-16(21-18(9)22)13-8-11(19)5-6-14(13)24-17/h2-8H,20H2,1H3,(H,21,22). The molecule has 1 atom stereocenters. The minimum Gasteiger partial charge on any atom is -0.454 e. The van der Waals surface area contributed by atoms with Crippen LogP contribution in [0.3, 0.4) is 0 Å². The maximum atomic E-state index is 12.5. The average Bonchev–Trinajstić information content (AvgIpc) is 2.93. The van der Waals surface area contributed by atoms with Gasteiger partial charge in [0.25, 0.3) is 5.56 Å². The topological polar surface area (TPSA) is 89.1 Å². The first-order valence-electron chi connectivity index (χ1n) is 7.47. The van der Waals surface area contributed by atoms with E-state index in [1.165, 1.54) is 0 Å². The number of furan rings is 1. The summed E-state index contributed by atoms with van der Waals surface area (Å²) in [6, 6.07) is 12.2. The van der Waals surface area contributed by atoms with Gasteiger partial charge in [-0.15, -0.1) is 0 Å². The second-order valence-electron chi connectivity index (χ2n) is 5.73. The highest BCUT2D eigenvalue weighted by atomic mass is 35.5. The van der Waals surface area contributed by atoms with E-state index in [1.807, 2.05) is 6.07 Å². The molecular weight excluding hydrogens is 360 g/mol. The first-order chi connectivity index (χ1) is 12.0. The van der Waals surface area contributed by atoms with Crippen LogP contribution in [-0.4, -0.2) is 9.19 Å². The van der Waals surface area contributed by atoms with Gasteiger partial charge in [-0.2, -0.15) is 0 Å². The fourth-order valence-corrected chi connectivity index (χ4v) is 3.61. The predicted molar refractivity (Wildman–Crippen MR) is 100 cm³/mol. The summed E-state index contributed by atoms with van der Waals surface area (Å²) in [5, 5.41) is 6.78. The van der Waals surface area contributed by atoms with Crippen LogP contribution in [0, 0.1) is 6.92 Å². The molecule has 25 heavy (non-hydrogen) atoms. The van der Waals surface area contributed by atoms with Crippen LogP contribution in [0.25, 0.3) is 33.2 Å². The molecule has 126 valence electrons. The Kier molecular flexibility index (Phi) is 3.76. The molecule has 0 aliphatic heterocycles. The number of aromatic amines is 1. The third kappa shape index (κ3) is 2.59. The third-order valence-electron chi connectivity index (χ3n) is 4.19. The van der Waals surface area contributed by atoms with E-state index in [2.05, 4.69) is 4.98 Å². The lowest BCUT2D eigenvalue weighted by atomic mass is 10.0. The highest BCUT2D eigenvalue weighted by Gasteiger charge is 2.18. The summed E-state index contributed by atoms with van der Waals surface area (Å²) in [6.45, 7) is 1.72. The molecule has 4 aromatic rings. The normalized spacial score (nSPS) is 12.8. The van der Waals surface area contributed by atoms with Gasteiger partial charge >= 0.3 is 0 Å². The molecule has 0 bridgehead atoms. The Morgan fingerprint density at radius 3 is 2.76 bits per heavy atom. The van der Waals surface area contributed by atoms with Crippen molar-refractivity contribution in [3.63, 3.8) is 0 Å². The lowest BCUT2D eigenvalue weighted by Gasteiger charge is -2.07. The average molecular weight is 373 g/mol. The molecular formula is C18H13ClN2O3S. The fraction of sp³-hybridized carbons (Fsp3) is 0.0556. The summed E-state index contributed by atoms with van der Waals surface area (Å²) >= 11 is 6.08. The van der Waals surface area contributed by atoms with Crippen LogP contribution in [0.4, 0.5) is 0 Å². The monoisotopic (exact) mass is 372 g/mol. The smallest absolute Gasteiger partial charge is 0.252 e. The molecule has 0 fully saturated rings. The first-order valence-corrected chi connectivity index (χ1v) is 9.06. The van der Waals surface area contributed by atoms with Crippen LogP contribution in [-0.2, 0) is 11.0 Å². The van der Waals surface area contributed by atoms with Crippen molar-refractivity contribution >= 4 is 44.7 Å². The molecule has 0 aliphatic carbocycles. The van der Waals surface area contributed by atoms with Gasteiger partial charge in [-0.25, -0.2) is 9.35 Å². The molecule has 0 saturated heterocycles. The number of aromatic nitrogens is 1. The second-order valence-corrected chi connectivity index (χ2v) is 7.23. The molecule has 2 aromatic heterocycles. The van der Waals surface area contributed by atoms with Gasteiger partial charge < -0.3 is 9.40 Å². The zero-order chi connectivity index (χ0) is 17.7. The molecule has 0 saturated carbocycles. The molecule has 4 rings (SSSR count). The molecule has 1 unspecified atom stereocenters. The Morgan fingerprint density at radius 2 is 2.00 bits per heavy atom. The minimum atomic E-state index is -1.61. The first kappa shape index (κ1) is 16.1. The molecule has 0 radical (unpaired) electrons. The highest BCUT2D eigenvalue weighted by molar-refractivity contribution is 7.82. The quantitative estimate of drug-likeness (QED) is 0.559. The van der Waals surface area contributed by atoms with E-state index in [1.54, 1.807) is 43.3 Å². The van der Waals surface area contributed by atoms with Crippen molar-refractivity contribution in [1.29, 1.82) is 0 Å². The van der Waals surface area contributed by atoms with E-state index in [0.717, 1.165) is 10.9 Å². The van der Waals surface area contributed by atoms with Gasteiger partial charge in [0, 0.05) is 21.5 Å². The fourth-order valence-electron chi connectivity index (χ4n) is 2.99. The van der Waals surface area contributed by atoms with Crippen molar-refractivity contribution in [2.75, 3.05) is 0 Å². The summed E-state index contributed by atoms with van der Waals surface area (Å²) in [7, 11) is -1.61. The van der Waals surface area contributed by atoms with Gasteiger partial charge in [-0.1, -0.05) is 23.7 Å². The van der Waals surface area contributed by atoms with E-state index in [4.69, 9.17) is 21.2 Å². The molecule has 2 heterocycles. The Hall–Kier alpha value is -2.41. The summed E-state index contributed by atoms with van der Waals surface area (Å²) in [4.78, 5) is 15.8. The van der Waals surface area contributed by atoms with Crippen LogP contribution >= 0.6 is 11.6 Å². The lowest BCUT2D eigenvalue weighted by Crippen LogP contribution is -2.11. The number of pyridine rings is 1. The van der Waals surface area contributed by atoms with Gasteiger partial charge in [0.15, 0.2) is 5.58 Å². The number of nitrogens with two attached hydrogens (primary N) is 1. The Morgan fingerprint density at radius 1 is 1.20 bits per heavy atom. The van der Waals surface area contributed by atoms with Gasteiger partial charge in [0.05, 0.1) is 10.4 Å². The van der Waals surface area contributed by atoms with Crippen LogP contribution < -0.4 is 10.7 Å². The van der Waals surface area contributed by atoms with Crippen LogP contribution in [0.1, 0.15) is 5.56 Å². The molecule has 0 amide bonds. The molecule has 5 nitrogen and oxygen atoms in total. The zero-order valence-electron chi connectivity index (χ0n) is 13.1. The Labute approximate surface area is 150 Å². The van der Waals surface area contributed by atoms with Gasteiger partial charge in [0.2, 0.25) is 0 Å². The largest absolute Gasteiger partial charge is 0.454 e. The Bertz CT molecular complexity index is 1230. The van der Waals surface area contributed by atoms with Gasteiger partial charge in [0.1, 0.15) is 16.6 Å². The summed E-state index contributed by atoms with van der Waals surface area (Å²) < 4.78 is 17.6. The zero-order valence-corrected chi connectivity index (χ0v) is 14.7. The number of hydrogen-bond donors (Lipinski definition) is 2. The number of rotatable bonds is 2. The van der Waals surface area contributed by atoms with E-state index >= 15 is 0 Å². The molecule has 3 N–H and O–H groups in total. The maximum Gasteiger partial charge on any atom is 0.252 e. The number of halogens is 1. The maximum absolute atomic E-state index is 12.5. The molecule has 0 spiro atoms. The predicted octanol–water partition coefficient (Wildman–Crippen LogP) is 3.88. The van der Waals surface area contributed by atoms with Crippen LogP contribution in [0.2, 0.25) is 5.02 Å². The van der Waals surface area contributed by atoms with Crippen molar-refractivity contribution in [3.8, 4) is 11.1 Å². The number of nitrogens with one attached hydrogen (secondary N) is 1. The minimum absolute atomic E-state index is 0.218. The van der Waals surface area contributed by atoms with Crippen molar-refractivity contribution in [2.24, 2.45) is 5.14 Å². The summed E-state index contributed by atoms with van der Waals surface area (Å²) in [5.41, 5.74) is 3.42. The summed E-state index contributed by atoms with van der Waals surface area (Å²) in [6.07, 6.45) is 0. The van der Waals surface area contributed by atoms with Crippen molar-refractivity contribution < 1.29 is 8.63 Å². The lowest BCUT2D eigenvalue weighted by molar-refractivity contribution is 0.668. The molecule has 2 aromatic carbocycles. The number of H-pyrrole nitrogens is 1. The molecule has 7 heteroatoms. The van der Waals surface area contributed by atoms with Gasteiger partial charge in [-0.05, 0) is 42.8 Å². The van der Waals surface area contributed by atoms with Crippen molar-refractivity contribution in [3.05, 3.63) is 63.4 Å². The Balaban J connectivity index is 2.14. The van der Waals surface area contributed by atoms with E-state index < -0.39 is 11.0 Å². The third-order valence-corrected chi connectivity index (χ3v) is 5.14.